The highest BCUT2D eigenvalue weighted by Crippen LogP contribution is 2.27. The maximum Gasteiger partial charge on any atom is 0.263 e. The molecule has 0 fully saturated rings. The van der Waals surface area contributed by atoms with E-state index in [1.165, 1.54) is 19.4 Å². The Morgan fingerprint density at radius 1 is 0.508 bits per heavy atom. The predicted octanol–water partition coefficient (Wildman–Crippen LogP) is 6.42. The molecule has 0 saturated carbocycles. The number of sulfonamides is 2. The van der Waals surface area contributed by atoms with Crippen molar-refractivity contribution in [3.8, 4) is 23.0 Å². The fourth-order valence-electron chi connectivity index (χ4n) is 6.51. The second kappa shape index (κ2) is 21.5. The van der Waals surface area contributed by atoms with Crippen LogP contribution in [0.15, 0.2) is 119 Å². The van der Waals surface area contributed by atoms with Gasteiger partial charge in [-0.15, -0.1) is 0 Å². The van der Waals surface area contributed by atoms with Gasteiger partial charge in [0, 0.05) is 59.5 Å². The van der Waals surface area contributed by atoms with Gasteiger partial charge in [-0.25, -0.2) is 16.8 Å². The number of methoxy groups -OCH3 is 5. The monoisotopic (exact) mass is 904 g/mol. The summed E-state index contributed by atoms with van der Waals surface area (Å²) in [5, 5.41) is 18.2. The third-order valence-electron chi connectivity index (χ3n) is 10.3. The highest BCUT2D eigenvalue weighted by Gasteiger charge is 2.31. The van der Waals surface area contributed by atoms with Gasteiger partial charge in [-0.1, -0.05) is 48.5 Å². The zero-order chi connectivity index (χ0) is 45.9. The zero-order valence-corrected chi connectivity index (χ0v) is 38.6. The van der Waals surface area contributed by atoms with Crippen molar-refractivity contribution in [3.63, 3.8) is 0 Å². The Kier molecular flexibility index (Phi) is 16.5. The number of hydrogen-bond donors (Lipinski definition) is 1. The average Bonchev–Trinajstić information content (AvgIpc) is 3.90. The summed E-state index contributed by atoms with van der Waals surface area (Å²) in [6, 6.07) is 32.1. The number of hydrogen-bond acceptors (Lipinski definition) is 12. The van der Waals surface area contributed by atoms with E-state index in [0.717, 1.165) is 22.3 Å². The topological polar surface area (TPSA) is 177 Å². The van der Waals surface area contributed by atoms with Gasteiger partial charge in [0.25, 0.3) is 20.0 Å². The number of aromatic nitrogens is 4. The molecule has 0 bridgehead atoms. The zero-order valence-electron chi connectivity index (χ0n) is 37.0. The van der Waals surface area contributed by atoms with Crippen molar-refractivity contribution in [2.45, 2.75) is 62.3 Å². The molecule has 6 aromatic rings. The highest BCUT2D eigenvalue weighted by atomic mass is 32.2. The number of rotatable bonds is 19. The molecule has 0 aliphatic heterocycles. The lowest BCUT2D eigenvalue weighted by atomic mass is 10.2. The summed E-state index contributed by atoms with van der Waals surface area (Å²) in [6.45, 7) is 4.09. The molecule has 2 aromatic heterocycles. The molecule has 2 heterocycles. The van der Waals surface area contributed by atoms with Crippen LogP contribution < -0.4 is 18.9 Å². The first-order chi connectivity index (χ1) is 30.0. The minimum absolute atomic E-state index is 0.0130. The van der Waals surface area contributed by atoms with E-state index in [1.54, 1.807) is 91.6 Å². The number of benzene rings is 4. The molecule has 18 heteroatoms. The molecule has 0 spiro atoms. The van der Waals surface area contributed by atoms with Crippen LogP contribution in [0, 0.1) is 0 Å². The van der Waals surface area contributed by atoms with E-state index in [1.807, 2.05) is 79.7 Å². The molecule has 2 unspecified atom stereocenters. The van der Waals surface area contributed by atoms with E-state index in [0.29, 0.717) is 34.4 Å². The molecule has 338 valence electrons. The van der Waals surface area contributed by atoms with Crippen LogP contribution in [0.5, 0.6) is 23.0 Å². The molecule has 0 aliphatic carbocycles. The average molecular weight is 905 g/mol. The molecule has 4 aromatic carbocycles. The number of nitrogens with zero attached hydrogens (tertiary/aromatic N) is 6. The van der Waals surface area contributed by atoms with Gasteiger partial charge in [-0.05, 0) is 84.6 Å². The van der Waals surface area contributed by atoms with E-state index in [-0.39, 0.29) is 42.3 Å². The van der Waals surface area contributed by atoms with E-state index in [4.69, 9.17) is 23.7 Å². The summed E-state index contributed by atoms with van der Waals surface area (Å²) in [6.07, 6.45) is -1.12. The first-order valence-electron chi connectivity index (χ1n) is 19.8. The highest BCUT2D eigenvalue weighted by molar-refractivity contribution is 7.89. The van der Waals surface area contributed by atoms with Gasteiger partial charge in [0.1, 0.15) is 23.0 Å². The fourth-order valence-corrected chi connectivity index (χ4v) is 9.30. The third-order valence-corrected chi connectivity index (χ3v) is 13.6. The van der Waals surface area contributed by atoms with Gasteiger partial charge >= 0.3 is 0 Å². The largest absolute Gasteiger partial charge is 0.497 e. The van der Waals surface area contributed by atoms with E-state index < -0.39 is 26.2 Å². The molecule has 0 saturated heterocycles. The first kappa shape index (κ1) is 48.3. The Morgan fingerprint density at radius 2 is 0.778 bits per heavy atom. The minimum atomic E-state index is -3.94. The lowest BCUT2D eigenvalue weighted by Gasteiger charge is -2.21. The summed E-state index contributed by atoms with van der Waals surface area (Å²) >= 11 is 0. The Hall–Kier alpha value is -5.76. The molecule has 16 nitrogen and oxygen atoms in total. The summed E-state index contributed by atoms with van der Waals surface area (Å²) in [5.74, 6) is 2.81. The second-order valence-corrected chi connectivity index (χ2v) is 18.3. The Morgan fingerprint density at radius 3 is 1.02 bits per heavy atom. The van der Waals surface area contributed by atoms with Crippen molar-refractivity contribution < 1.29 is 45.6 Å². The Bertz CT molecular complexity index is 2500. The van der Waals surface area contributed by atoms with Crippen LogP contribution in [-0.2, 0) is 65.1 Å². The van der Waals surface area contributed by atoms with Gasteiger partial charge in [0.05, 0.1) is 52.0 Å². The van der Waals surface area contributed by atoms with Crippen LogP contribution in [0.2, 0.25) is 0 Å². The summed E-state index contributed by atoms with van der Waals surface area (Å²) < 4.78 is 86.1. The SMILES string of the molecule is COc1ccc(CN(Cc2ccc(OC)cc2)S(=O)(=O)c2cc(C(C)O)n(C)n2)cc1.COc1ccc(CN(Cc2ccc(OC)cc2)S(=O)(=O)c2cc(C(C)OC)n(C)n2)cc1. The van der Waals surface area contributed by atoms with Gasteiger partial charge in [-0.2, -0.15) is 18.8 Å². The van der Waals surface area contributed by atoms with Crippen LogP contribution in [0.3, 0.4) is 0 Å². The van der Waals surface area contributed by atoms with Gasteiger partial charge < -0.3 is 28.8 Å². The first-order valence-corrected chi connectivity index (χ1v) is 22.7. The van der Waals surface area contributed by atoms with Crippen molar-refractivity contribution in [3.05, 3.63) is 143 Å². The van der Waals surface area contributed by atoms with Crippen LogP contribution in [-0.4, -0.2) is 85.7 Å². The van der Waals surface area contributed by atoms with Crippen molar-refractivity contribution in [2.75, 3.05) is 35.5 Å². The smallest absolute Gasteiger partial charge is 0.263 e. The fraction of sp³-hybridized carbons (Fsp3) is 0.333. The molecule has 1 N–H and O–H groups in total. The standard InChI is InChI=1S/C23H29N3O5S.C22H27N3O5S/c1-17(29-3)22-14-23(24-25(22)2)32(27,28)26(15-18-6-10-20(30-4)11-7-18)16-19-8-12-21(31-5)13-9-19;1-16(26)21-13-22(23-24(21)2)31(27,28)25(14-17-5-9-19(29-3)10-6-17)15-18-7-11-20(30-4)12-8-18/h6-14,17H,15-16H2,1-5H3;5-13,16,26H,14-15H2,1-4H3. The molecular formula is C45H56N6O10S2. The Balaban J connectivity index is 0.000000238. The van der Waals surface area contributed by atoms with E-state index in [2.05, 4.69) is 10.2 Å². The minimum Gasteiger partial charge on any atom is -0.497 e. The maximum atomic E-state index is 13.6. The van der Waals surface area contributed by atoms with Crippen LogP contribution >= 0.6 is 0 Å². The Labute approximate surface area is 370 Å². The number of aryl methyl sites for hydroxylation is 2. The molecule has 2 atom stereocenters. The molecule has 63 heavy (non-hydrogen) atoms. The van der Waals surface area contributed by atoms with Crippen molar-refractivity contribution in [2.24, 2.45) is 14.1 Å². The summed E-state index contributed by atoms with van der Waals surface area (Å²) in [4.78, 5) is 0. The normalized spacial score (nSPS) is 12.7. The van der Waals surface area contributed by atoms with Crippen LogP contribution in [0.4, 0.5) is 0 Å². The molecule has 6 rings (SSSR count). The van der Waals surface area contributed by atoms with Gasteiger partial charge in [-0.3, -0.25) is 9.36 Å². The number of aliphatic hydroxyl groups is 1. The van der Waals surface area contributed by atoms with E-state index >= 15 is 0 Å². The summed E-state index contributed by atoms with van der Waals surface area (Å²) in [5.41, 5.74) is 4.40. The lowest BCUT2D eigenvalue weighted by Crippen LogP contribution is -2.30. The molecule has 0 radical (unpaired) electrons. The quantitative estimate of drug-likeness (QED) is 0.0946. The van der Waals surface area contributed by atoms with Gasteiger partial charge in [0.2, 0.25) is 0 Å². The predicted molar refractivity (Wildman–Crippen MR) is 237 cm³/mol. The van der Waals surface area contributed by atoms with Crippen molar-refractivity contribution >= 4 is 20.0 Å². The van der Waals surface area contributed by atoms with E-state index in [9.17, 15) is 21.9 Å². The lowest BCUT2D eigenvalue weighted by molar-refractivity contribution is 0.112. The third kappa shape index (κ3) is 12.2. The number of aliphatic hydroxyl groups excluding tert-OH is 1. The van der Waals surface area contributed by atoms with Crippen LogP contribution in [0.1, 0.15) is 59.7 Å². The van der Waals surface area contributed by atoms with Crippen molar-refractivity contribution in [1.29, 1.82) is 0 Å². The maximum absolute atomic E-state index is 13.6. The van der Waals surface area contributed by atoms with Gasteiger partial charge in [0.15, 0.2) is 10.1 Å². The molecule has 0 amide bonds. The molecular weight excluding hydrogens is 849 g/mol. The number of ether oxygens (including phenoxy) is 5. The second-order valence-electron chi connectivity index (χ2n) is 14.6. The van der Waals surface area contributed by atoms with Crippen LogP contribution in [0.25, 0.3) is 0 Å². The van der Waals surface area contributed by atoms with Crippen molar-refractivity contribution in [1.82, 2.24) is 28.2 Å². The summed E-state index contributed by atoms with van der Waals surface area (Å²) in [7, 11) is 3.41. The molecule has 0 aliphatic rings.